The van der Waals surface area contributed by atoms with E-state index in [4.69, 9.17) is 0 Å². The number of hydrogen-bond donors (Lipinski definition) is 1. The summed E-state index contributed by atoms with van der Waals surface area (Å²) >= 11 is 0. The Kier molecular flexibility index (Phi) is 4.72. The van der Waals surface area contributed by atoms with Gasteiger partial charge in [-0.1, -0.05) is 12.8 Å². The first-order chi connectivity index (χ1) is 8.68. The van der Waals surface area contributed by atoms with Gasteiger partial charge in [0, 0.05) is 20.1 Å². The second kappa shape index (κ2) is 6.29. The number of rotatable bonds is 4. The molecule has 1 atom stereocenters. The molecule has 2 heterocycles. The number of likely N-dealkylation sites (tertiary alicyclic amines) is 2. The average Bonchev–Trinajstić information content (AvgIpc) is 2.59. The molecular formula is C13H23N3O2. The van der Waals surface area contributed by atoms with Crippen LogP contribution in [0.3, 0.4) is 0 Å². The van der Waals surface area contributed by atoms with Crippen molar-refractivity contribution in [3.05, 3.63) is 0 Å². The van der Waals surface area contributed by atoms with Gasteiger partial charge >= 0.3 is 0 Å². The van der Waals surface area contributed by atoms with Crippen molar-refractivity contribution in [1.82, 2.24) is 15.1 Å². The highest BCUT2D eigenvalue weighted by atomic mass is 16.2. The van der Waals surface area contributed by atoms with Crippen molar-refractivity contribution < 1.29 is 9.59 Å². The smallest absolute Gasteiger partial charge is 0.246 e. The van der Waals surface area contributed by atoms with E-state index in [-0.39, 0.29) is 17.9 Å². The van der Waals surface area contributed by atoms with Gasteiger partial charge < -0.3 is 10.2 Å². The molecule has 0 bridgehead atoms. The van der Waals surface area contributed by atoms with Gasteiger partial charge in [-0.25, -0.2) is 0 Å². The molecule has 2 aliphatic heterocycles. The van der Waals surface area contributed by atoms with Crippen molar-refractivity contribution >= 4 is 11.8 Å². The van der Waals surface area contributed by atoms with E-state index in [1.54, 1.807) is 7.05 Å². The molecule has 1 unspecified atom stereocenters. The van der Waals surface area contributed by atoms with Gasteiger partial charge in [0.1, 0.15) is 0 Å². The third kappa shape index (κ3) is 3.29. The van der Waals surface area contributed by atoms with E-state index >= 15 is 0 Å². The molecule has 2 aliphatic rings. The van der Waals surface area contributed by atoms with Crippen LogP contribution in [-0.4, -0.2) is 60.9 Å². The van der Waals surface area contributed by atoms with Crippen LogP contribution in [0.1, 0.15) is 32.1 Å². The van der Waals surface area contributed by atoms with Crippen LogP contribution in [0.2, 0.25) is 0 Å². The van der Waals surface area contributed by atoms with Crippen molar-refractivity contribution in [2.45, 2.75) is 38.1 Å². The average molecular weight is 253 g/mol. The molecular weight excluding hydrogens is 230 g/mol. The standard InChI is InChI=1S/C13H23N3O2/c1-15-12(17)10-11(13(15)18)14-6-9-16-7-4-2-3-5-8-16/h11,14H,2-10H2,1H3. The van der Waals surface area contributed by atoms with Gasteiger partial charge in [0.05, 0.1) is 12.5 Å². The molecule has 2 amide bonds. The summed E-state index contributed by atoms with van der Waals surface area (Å²) in [7, 11) is 1.56. The highest BCUT2D eigenvalue weighted by Gasteiger charge is 2.35. The first-order valence-electron chi connectivity index (χ1n) is 6.94. The van der Waals surface area contributed by atoms with Crippen molar-refractivity contribution in [2.75, 3.05) is 33.2 Å². The van der Waals surface area contributed by atoms with E-state index in [1.807, 2.05) is 0 Å². The topological polar surface area (TPSA) is 52.7 Å². The van der Waals surface area contributed by atoms with Gasteiger partial charge in [0.25, 0.3) is 0 Å². The van der Waals surface area contributed by atoms with Crippen molar-refractivity contribution in [3.8, 4) is 0 Å². The maximum Gasteiger partial charge on any atom is 0.246 e. The van der Waals surface area contributed by atoms with E-state index in [0.29, 0.717) is 6.42 Å². The highest BCUT2D eigenvalue weighted by molar-refractivity contribution is 6.05. The van der Waals surface area contributed by atoms with Crippen LogP contribution in [0.5, 0.6) is 0 Å². The second-order valence-corrected chi connectivity index (χ2v) is 5.26. The lowest BCUT2D eigenvalue weighted by Crippen LogP contribution is -2.41. The van der Waals surface area contributed by atoms with Crippen LogP contribution in [0.25, 0.3) is 0 Å². The molecule has 2 rings (SSSR count). The summed E-state index contributed by atoms with van der Waals surface area (Å²) in [5.74, 6) is -0.164. The molecule has 5 heteroatoms. The Bertz CT molecular complexity index is 311. The Hall–Kier alpha value is -0.940. The van der Waals surface area contributed by atoms with E-state index in [2.05, 4.69) is 10.2 Å². The fourth-order valence-electron chi connectivity index (χ4n) is 2.67. The van der Waals surface area contributed by atoms with Crippen LogP contribution in [-0.2, 0) is 9.59 Å². The van der Waals surface area contributed by atoms with Crippen LogP contribution in [0, 0.1) is 0 Å². The van der Waals surface area contributed by atoms with Crippen LogP contribution >= 0.6 is 0 Å². The number of likely N-dealkylation sites (N-methyl/N-ethyl adjacent to an activating group) is 1. The first kappa shape index (κ1) is 13.5. The van der Waals surface area contributed by atoms with Crippen molar-refractivity contribution in [3.63, 3.8) is 0 Å². The van der Waals surface area contributed by atoms with E-state index in [0.717, 1.165) is 13.1 Å². The predicted molar refractivity (Wildman–Crippen MR) is 69.1 cm³/mol. The Labute approximate surface area is 108 Å². The molecule has 0 saturated carbocycles. The van der Waals surface area contributed by atoms with Gasteiger partial charge in [-0.05, 0) is 25.9 Å². The lowest BCUT2D eigenvalue weighted by atomic mass is 10.2. The van der Waals surface area contributed by atoms with Crippen molar-refractivity contribution in [2.24, 2.45) is 0 Å². The Morgan fingerprint density at radius 3 is 2.39 bits per heavy atom. The fraction of sp³-hybridized carbons (Fsp3) is 0.846. The lowest BCUT2D eigenvalue weighted by molar-refractivity contribution is -0.137. The molecule has 0 aromatic carbocycles. The van der Waals surface area contributed by atoms with Gasteiger partial charge in [-0.15, -0.1) is 0 Å². The van der Waals surface area contributed by atoms with Crippen LogP contribution in [0.15, 0.2) is 0 Å². The zero-order chi connectivity index (χ0) is 13.0. The summed E-state index contributed by atoms with van der Waals surface area (Å²) in [6.07, 6.45) is 5.55. The summed E-state index contributed by atoms with van der Waals surface area (Å²) in [5.41, 5.74) is 0. The van der Waals surface area contributed by atoms with E-state index in [1.165, 1.54) is 43.7 Å². The Morgan fingerprint density at radius 2 is 1.83 bits per heavy atom. The number of nitrogens with one attached hydrogen (secondary N) is 1. The maximum absolute atomic E-state index is 11.7. The number of imide groups is 1. The van der Waals surface area contributed by atoms with Crippen LogP contribution in [0.4, 0.5) is 0 Å². The fourth-order valence-corrected chi connectivity index (χ4v) is 2.67. The molecule has 18 heavy (non-hydrogen) atoms. The largest absolute Gasteiger partial charge is 0.304 e. The molecule has 102 valence electrons. The monoisotopic (exact) mass is 253 g/mol. The molecule has 5 nitrogen and oxygen atoms in total. The highest BCUT2D eigenvalue weighted by Crippen LogP contribution is 2.11. The number of carbonyl (C=O) groups is 2. The van der Waals surface area contributed by atoms with Gasteiger partial charge in [0.15, 0.2) is 0 Å². The zero-order valence-corrected chi connectivity index (χ0v) is 11.2. The Balaban J connectivity index is 1.69. The number of carbonyl (C=O) groups excluding carboxylic acids is 2. The predicted octanol–water partition coefficient (Wildman–Crippen LogP) is 0.209. The third-order valence-corrected chi connectivity index (χ3v) is 3.90. The summed E-state index contributed by atoms with van der Waals surface area (Å²) in [6, 6.07) is -0.297. The number of hydrogen-bond acceptors (Lipinski definition) is 4. The number of amides is 2. The molecule has 0 spiro atoms. The summed E-state index contributed by atoms with van der Waals surface area (Å²) in [6.45, 7) is 4.09. The summed E-state index contributed by atoms with van der Waals surface area (Å²) in [4.78, 5) is 26.7. The van der Waals surface area contributed by atoms with Crippen LogP contribution < -0.4 is 5.32 Å². The van der Waals surface area contributed by atoms with Crippen molar-refractivity contribution in [1.29, 1.82) is 0 Å². The minimum Gasteiger partial charge on any atom is -0.304 e. The molecule has 0 radical (unpaired) electrons. The second-order valence-electron chi connectivity index (χ2n) is 5.26. The zero-order valence-electron chi connectivity index (χ0n) is 11.2. The summed E-state index contributed by atoms with van der Waals surface area (Å²) in [5, 5.41) is 3.21. The molecule has 2 fully saturated rings. The molecule has 0 aromatic rings. The SMILES string of the molecule is CN1C(=O)CC(NCCN2CCCCCC2)C1=O. The maximum atomic E-state index is 11.7. The van der Waals surface area contributed by atoms with E-state index < -0.39 is 0 Å². The molecule has 0 aliphatic carbocycles. The normalized spacial score (nSPS) is 26.7. The van der Waals surface area contributed by atoms with Gasteiger partial charge in [-0.2, -0.15) is 0 Å². The minimum absolute atomic E-state index is 0.0766. The lowest BCUT2D eigenvalue weighted by Gasteiger charge is -2.20. The quantitative estimate of drug-likeness (QED) is 0.728. The van der Waals surface area contributed by atoms with Gasteiger partial charge in [0.2, 0.25) is 11.8 Å². The minimum atomic E-state index is -0.297. The summed E-state index contributed by atoms with van der Waals surface area (Å²) < 4.78 is 0. The van der Waals surface area contributed by atoms with E-state index in [9.17, 15) is 9.59 Å². The molecule has 0 aromatic heterocycles. The third-order valence-electron chi connectivity index (χ3n) is 3.90. The van der Waals surface area contributed by atoms with Gasteiger partial charge in [-0.3, -0.25) is 14.5 Å². The number of nitrogens with zero attached hydrogens (tertiary/aromatic N) is 2. The first-order valence-corrected chi connectivity index (χ1v) is 6.94. The molecule has 2 saturated heterocycles. The molecule has 1 N–H and O–H groups in total. The Morgan fingerprint density at radius 1 is 1.17 bits per heavy atom.